The molecule has 2 aromatic rings. The molecule has 0 bridgehead atoms. The molecular weight excluding hydrogens is 374 g/mol. The lowest BCUT2D eigenvalue weighted by Crippen LogP contribution is -2.12. The summed E-state index contributed by atoms with van der Waals surface area (Å²) in [6, 6.07) is 6.13. The fourth-order valence-corrected chi connectivity index (χ4v) is 2.27. The molecule has 7 heteroatoms. The van der Waals surface area contributed by atoms with Crippen molar-refractivity contribution in [3.63, 3.8) is 0 Å². The van der Waals surface area contributed by atoms with Gasteiger partial charge in [0, 0.05) is 4.47 Å². The first-order valence-electron chi connectivity index (χ1n) is 6.05. The molecule has 0 aliphatic heterocycles. The third kappa shape index (κ3) is 3.45. The topological polar surface area (TPSA) is 0 Å². The molecule has 22 heavy (non-hydrogen) atoms. The smallest absolute Gasteiger partial charge is 0.166 e. The van der Waals surface area contributed by atoms with Crippen LogP contribution in [0.1, 0.15) is 16.7 Å². The third-order valence-corrected chi connectivity index (χ3v) is 4.01. The highest BCUT2D eigenvalue weighted by Crippen LogP contribution is 2.41. The summed E-state index contributed by atoms with van der Waals surface area (Å²) in [5.41, 5.74) is -2.01. The van der Waals surface area contributed by atoms with Gasteiger partial charge >= 0.3 is 12.4 Å². The van der Waals surface area contributed by atoms with Gasteiger partial charge in [-0.1, -0.05) is 34.1 Å². The maximum atomic E-state index is 13.1. The maximum Gasteiger partial charge on any atom is 0.417 e. The lowest BCUT2D eigenvalue weighted by molar-refractivity contribution is -0.142. The van der Waals surface area contributed by atoms with E-state index < -0.39 is 23.5 Å². The zero-order valence-corrected chi connectivity index (χ0v) is 12.7. The molecule has 0 saturated heterocycles. The molecule has 0 atom stereocenters. The summed E-state index contributed by atoms with van der Waals surface area (Å²) in [5.74, 6) is 0. The van der Waals surface area contributed by atoms with E-state index in [4.69, 9.17) is 0 Å². The van der Waals surface area contributed by atoms with Crippen LogP contribution in [0.15, 0.2) is 40.9 Å². The zero-order chi connectivity index (χ0) is 16.7. The number of rotatable bonds is 1. The minimum Gasteiger partial charge on any atom is -0.166 e. The highest BCUT2D eigenvalue weighted by molar-refractivity contribution is 9.10. The van der Waals surface area contributed by atoms with E-state index in [1.165, 1.54) is 12.1 Å². The van der Waals surface area contributed by atoms with Gasteiger partial charge in [-0.25, -0.2) is 0 Å². The van der Waals surface area contributed by atoms with E-state index in [0.717, 1.165) is 6.07 Å². The Balaban J connectivity index is 2.67. The lowest BCUT2D eigenvalue weighted by atomic mass is 9.96. The number of benzene rings is 2. The van der Waals surface area contributed by atoms with E-state index in [9.17, 15) is 26.3 Å². The first-order chi connectivity index (χ1) is 10.00. The summed E-state index contributed by atoms with van der Waals surface area (Å²) in [6.45, 7) is 1.69. The van der Waals surface area contributed by atoms with Crippen LogP contribution in [0.5, 0.6) is 0 Å². The average Bonchev–Trinajstić information content (AvgIpc) is 2.39. The van der Waals surface area contributed by atoms with Gasteiger partial charge in [0.25, 0.3) is 0 Å². The molecule has 0 spiro atoms. The van der Waals surface area contributed by atoms with E-state index in [1.54, 1.807) is 13.0 Å². The van der Waals surface area contributed by atoms with Gasteiger partial charge in [-0.05, 0) is 41.8 Å². The van der Waals surface area contributed by atoms with Gasteiger partial charge < -0.3 is 0 Å². The summed E-state index contributed by atoms with van der Waals surface area (Å²) in [5, 5.41) is 0. The lowest BCUT2D eigenvalue weighted by Gasteiger charge is -2.16. The van der Waals surface area contributed by atoms with Crippen molar-refractivity contribution < 1.29 is 26.3 Å². The van der Waals surface area contributed by atoms with Crippen LogP contribution in [0.25, 0.3) is 11.1 Å². The molecule has 0 fully saturated rings. The van der Waals surface area contributed by atoms with Crippen molar-refractivity contribution in [2.24, 2.45) is 0 Å². The van der Waals surface area contributed by atoms with Crippen LogP contribution >= 0.6 is 15.9 Å². The molecule has 118 valence electrons. The minimum absolute atomic E-state index is 0.146. The molecule has 0 aliphatic carbocycles. The number of alkyl halides is 6. The Morgan fingerprint density at radius 2 is 1.45 bits per heavy atom. The number of hydrogen-bond donors (Lipinski definition) is 0. The molecular formula is C15H9BrF6. The highest BCUT2D eigenvalue weighted by Gasteiger charge is 2.38. The Kier molecular flexibility index (Phi) is 4.30. The molecule has 0 unspecified atom stereocenters. The van der Waals surface area contributed by atoms with Crippen LogP contribution in [0.4, 0.5) is 26.3 Å². The molecule has 0 saturated carbocycles. The SMILES string of the molecule is Cc1cc(-c2ccc(C(F)(F)F)cc2C(F)(F)F)ccc1Br. The van der Waals surface area contributed by atoms with E-state index in [1.807, 2.05) is 0 Å². The Hall–Kier alpha value is -1.50. The first kappa shape index (κ1) is 16.9. The summed E-state index contributed by atoms with van der Waals surface area (Å²) in [4.78, 5) is 0. The number of aryl methyl sites for hydroxylation is 1. The molecule has 2 aromatic carbocycles. The van der Waals surface area contributed by atoms with Crippen molar-refractivity contribution in [2.45, 2.75) is 19.3 Å². The second kappa shape index (κ2) is 5.61. The number of halogens is 7. The molecule has 0 amide bonds. The highest BCUT2D eigenvalue weighted by atomic mass is 79.9. The van der Waals surface area contributed by atoms with Gasteiger partial charge in [-0.2, -0.15) is 26.3 Å². The van der Waals surface area contributed by atoms with E-state index in [0.29, 0.717) is 16.1 Å². The first-order valence-corrected chi connectivity index (χ1v) is 6.84. The van der Waals surface area contributed by atoms with Crippen LogP contribution in [0.2, 0.25) is 0 Å². The Labute approximate surface area is 130 Å². The van der Waals surface area contributed by atoms with Crippen molar-refractivity contribution in [1.29, 1.82) is 0 Å². The van der Waals surface area contributed by atoms with Crippen LogP contribution in [-0.2, 0) is 12.4 Å². The Morgan fingerprint density at radius 3 is 1.95 bits per heavy atom. The van der Waals surface area contributed by atoms with Crippen LogP contribution in [-0.4, -0.2) is 0 Å². The van der Waals surface area contributed by atoms with Crippen LogP contribution in [0.3, 0.4) is 0 Å². The molecule has 0 N–H and O–H groups in total. The Bertz CT molecular complexity index is 700. The molecule has 0 heterocycles. The molecule has 0 aromatic heterocycles. The second-order valence-corrected chi connectivity index (χ2v) is 5.57. The molecule has 0 aliphatic rings. The van der Waals surface area contributed by atoms with Crippen molar-refractivity contribution in [1.82, 2.24) is 0 Å². The average molecular weight is 383 g/mol. The van der Waals surface area contributed by atoms with Gasteiger partial charge in [0.15, 0.2) is 0 Å². The third-order valence-electron chi connectivity index (χ3n) is 3.12. The van der Waals surface area contributed by atoms with E-state index in [-0.39, 0.29) is 17.2 Å². The molecule has 0 radical (unpaired) electrons. The Morgan fingerprint density at radius 1 is 0.818 bits per heavy atom. The molecule has 2 rings (SSSR count). The number of hydrogen-bond acceptors (Lipinski definition) is 0. The fourth-order valence-electron chi connectivity index (χ4n) is 2.02. The summed E-state index contributed by atoms with van der Waals surface area (Å²) >= 11 is 3.23. The van der Waals surface area contributed by atoms with Gasteiger partial charge in [-0.3, -0.25) is 0 Å². The van der Waals surface area contributed by atoms with Crippen molar-refractivity contribution in [3.05, 3.63) is 57.6 Å². The zero-order valence-electron chi connectivity index (χ0n) is 11.1. The molecule has 0 nitrogen and oxygen atoms in total. The van der Waals surface area contributed by atoms with Crippen LogP contribution in [0, 0.1) is 6.92 Å². The predicted molar refractivity (Wildman–Crippen MR) is 74.3 cm³/mol. The maximum absolute atomic E-state index is 13.1. The van der Waals surface area contributed by atoms with Gasteiger partial charge in [0.2, 0.25) is 0 Å². The summed E-state index contributed by atoms with van der Waals surface area (Å²) in [7, 11) is 0. The normalized spacial score (nSPS) is 12.5. The van der Waals surface area contributed by atoms with Gasteiger partial charge in [-0.15, -0.1) is 0 Å². The van der Waals surface area contributed by atoms with Crippen molar-refractivity contribution in [2.75, 3.05) is 0 Å². The van der Waals surface area contributed by atoms with E-state index in [2.05, 4.69) is 15.9 Å². The second-order valence-electron chi connectivity index (χ2n) is 4.72. The standard InChI is InChI=1S/C15H9BrF6/c1-8-6-9(2-5-13(8)16)11-4-3-10(14(17,18)19)7-12(11)15(20,21)22/h2-7H,1H3. The van der Waals surface area contributed by atoms with Gasteiger partial charge in [0.1, 0.15) is 0 Å². The van der Waals surface area contributed by atoms with Crippen LogP contribution < -0.4 is 0 Å². The minimum atomic E-state index is -4.88. The predicted octanol–water partition coefficient (Wildman–Crippen LogP) is 6.46. The van der Waals surface area contributed by atoms with E-state index >= 15 is 0 Å². The van der Waals surface area contributed by atoms with Crippen molar-refractivity contribution in [3.8, 4) is 11.1 Å². The van der Waals surface area contributed by atoms with Gasteiger partial charge in [0.05, 0.1) is 11.1 Å². The summed E-state index contributed by atoms with van der Waals surface area (Å²) < 4.78 is 77.9. The summed E-state index contributed by atoms with van der Waals surface area (Å²) in [6.07, 6.45) is -9.70. The quantitative estimate of drug-likeness (QED) is 0.496. The monoisotopic (exact) mass is 382 g/mol. The van der Waals surface area contributed by atoms with Crippen molar-refractivity contribution >= 4 is 15.9 Å². The largest absolute Gasteiger partial charge is 0.417 e. The fraction of sp³-hybridized carbons (Fsp3) is 0.200.